The fourth-order valence-electron chi connectivity index (χ4n) is 0.855. The number of hydrogen-bond donors (Lipinski definition) is 1. The molecule has 1 aliphatic rings. The molecule has 1 aromatic heterocycles. The molecule has 5 heteroatoms. The molecule has 2 rings (SSSR count). The zero-order valence-corrected chi connectivity index (χ0v) is 7.35. The van der Waals surface area contributed by atoms with Crippen molar-refractivity contribution < 1.29 is 9.53 Å². The Morgan fingerprint density at radius 2 is 2.67 bits per heavy atom. The molecule has 2 heterocycles. The summed E-state index contributed by atoms with van der Waals surface area (Å²) in [6.45, 7) is 0.737. The van der Waals surface area contributed by atoms with Crippen LogP contribution in [0.1, 0.15) is 20.8 Å². The molecule has 0 saturated carbocycles. The first kappa shape index (κ1) is 7.70. The molecule has 64 valence electrons. The summed E-state index contributed by atoms with van der Waals surface area (Å²) in [5, 5.41) is 3.44. The van der Waals surface area contributed by atoms with Gasteiger partial charge in [-0.2, -0.15) is 0 Å². The highest BCUT2D eigenvalue weighted by Gasteiger charge is 2.28. The Morgan fingerprint density at radius 3 is 3.25 bits per heavy atom. The zero-order chi connectivity index (χ0) is 8.55. The van der Waals surface area contributed by atoms with Crippen molar-refractivity contribution in [3.05, 3.63) is 16.1 Å². The third-order valence-electron chi connectivity index (χ3n) is 1.58. The van der Waals surface area contributed by atoms with Crippen LogP contribution in [0.15, 0.2) is 6.20 Å². The number of nitrogens with one attached hydrogen (secondary N) is 1. The third kappa shape index (κ3) is 1.33. The average molecular weight is 184 g/mol. The van der Waals surface area contributed by atoms with Crippen LogP contribution in [0.5, 0.6) is 0 Å². The molecule has 0 aliphatic carbocycles. The minimum atomic E-state index is -0.0839. The second kappa shape index (κ2) is 2.84. The molecule has 0 bridgehead atoms. The number of carbonyl (C=O) groups is 1. The fraction of sp³-hybridized carbons (Fsp3) is 0.429. The fourth-order valence-corrected chi connectivity index (χ4v) is 1.75. The molecule has 4 nitrogen and oxygen atoms in total. The molecular formula is C7H8N2O2S. The summed E-state index contributed by atoms with van der Waals surface area (Å²) in [7, 11) is 1.61. The lowest BCUT2D eigenvalue weighted by molar-refractivity contribution is 0.0967. The van der Waals surface area contributed by atoms with E-state index in [1.807, 2.05) is 0 Å². The van der Waals surface area contributed by atoms with Crippen LogP contribution in [0.3, 0.4) is 0 Å². The number of ether oxygens (including phenoxy) is 1. The van der Waals surface area contributed by atoms with Crippen molar-refractivity contribution in [3.8, 4) is 0 Å². The van der Waals surface area contributed by atoms with Crippen molar-refractivity contribution in [3.63, 3.8) is 0 Å². The van der Waals surface area contributed by atoms with Crippen LogP contribution < -0.4 is 5.32 Å². The Balaban J connectivity index is 2.17. The molecule has 0 spiro atoms. The highest BCUT2D eigenvalue weighted by Crippen LogP contribution is 2.32. The molecular weight excluding hydrogens is 176 g/mol. The Bertz CT molecular complexity index is 306. The van der Waals surface area contributed by atoms with Crippen LogP contribution in [0, 0.1) is 0 Å². The molecule has 12 heavy (non-hydrogen) atoms. The van der Waals surface area contributed by atoms with Gasteiger partial charge in [-0.15, -0.1) is 11.3 Å². The van der Waals surface area contributed by atoms with E-state index in [0.717, 1.165) is 11.6 Å². The van der Waals surface area contributed by atoms with Crippen molar-refractivity contribution in [2.45, 2.75) is 6.10 Å². The second-order valence-electron chi connectivity index (χ2n) is 2.46. The second-order valence-corrected chi connectivity index (χ2v) is 3.53. The Morgan fingerprint density at radius 1 is 1.92 bits per heavy atom. The van der Waals surface area contributed by atoms with Gasteiger partial charge >= 0.3 is 0 Å². The first-order chi connectivity index (χ1) is 5.81. The van der Waals surface area contributed by atoms with E-state index in [1.165, 1.54) is 11.3 Å². The van der Waals surface area contributed by atoms with Gasteiger partial charge in [0.2, 0.25) is 0 Å². The van der Waals surface area contributed by atoms with Crippen LogP contribution in [0.2, 0.25) is 0 Å². The molecule has 1 aromatic rings. The van der Waals surface area contributed by atoms with Gasteiger partial charge in [-0.25, -0.2) is 4.98 Å². The van der Waals surface area contributed by atoms with Crippen molar-refractivity contribution in [2.24, 2.45) is 0 Å². The SMILES string of the molecule is CNC(=O)c1cnc(C2CO2)s1. The normalized spacial score (nSPS) is 20.6. The van der Waals surface area contributed by atoms with Crippen LogP contribution in [0.4, 0.5) is 0 Å². The van der Waals surface area contributed by atoms with E-state index in [4.69, 9.17) is 4.74 Å². The molecule has 0 radical (unpaired) electrons. The molecule has 1 amide bonds. The van der Waals surface area contributed by atoms with E-state index in [9.17, 15) is 4.79 Å². The van der Waals surface area contributed by atoms with Crippen LogP contribution >= 0.6 is 11.3 Å². The largest absolute Gasteiger partial charge is 0.365 e. The zero-order valence-electron chi connectivity index (χ0n) is 6.53. The Kier molecular flexibility index (Phi) is 1.82. The molecule has 1 N–H and O–H groups in total. The van der Waals surface area contributed by atoms with E-state index in [0.29, 0.717) is 4.88 Å². The van der Waals surface area contributed by atoms with Gasteiger partial charge in [0.25, 0.3) is 5.91 Å². The maximum atomic E-state index is 11.1. The number of aromatic nitrogens is 1. The maximum Gasteiger partial charge on any atom is 0.262 e. The summed E-state index contributed by atoms with van der Waals surface area (Å²) < 4.78 is 5.04. The van der Waals surface area contributed by atoms with Crippen LogP contribution in [-0.2, 0) is 4.74 Å². The predicted octanol–water partition coefficient (Wildman–Crippen LogP) is 0.574. The highest BCUT2D eigenvalue weighted by atomic mass is 32.1. The minimum absolute atomic E-state index is 0.0839. The van der Waals surface area contributed by atoms with Gasteiger partial charge in [-0.1, -0.05) is 0 Å². The summed E-state index contributed by atoms with van der Waals surface area (Å²) >= 11 is 1.39. The van der Waals surface area contributed by atoms with Crippen molar-refractivity contribution in [1.82, 2.24) is 10.3 Å². The van der Waals surface area contributed by atoms with E-state index >= 15 is 0 Å². The number of epoxide rings is 1. The number of hydrogen-bond acceptors (Lipinski definition) is 4. The Labute approximate surface area is 73.6 Å². The molecule has 1 atom stereocenters. The summed E-state index contributed by atoms with van der Waals surface area (Å²) in [4.78, 5) is 15.8. The highest BCUT2D eigenvalue weighted by molar-refractivity contribution is 7.13. The smallest absolute Gasteiger partial charge is 0.262 e. The summed E-state index contributed by atoms with van der Waals surface area (Å²) in [6, 6.07) is 0. The maximum absolute atomic E-state index is 11.1. The average Bonchev–Trinajstić information content (AvgIpc) is 2.83. The van der Waals surface area contributed by atoms with Crippen molar-refractivity contribution >= 4 is 17.2 Å². The van der Waals surface area contributed by atoms with E-state index in [2.05, 4.69) is 10.3 Å². The van der Waals surface area contributed by atoms with Gasteiger partial charge in [-0.05, 0) is 0 Å². The lowest BCUT2D eigenvalue weighted by Gasteiger charge is -1.90. The predicted molar refractivity (Wildman–Crippen MR) is 44.2 cm³/mol. The number of carbonyl (C=O) groups excluding carboxylic acids is 1. The summed E-state index contributed by atoms with van der Waals surface area (Å²) in [5.74, 6) is -0.0839. The van der Waals surface area contributed by atoms with E-state index < -0.39 is 0 Å². The number of rotatable bonds is 2. The summed E-state index contributed by atoms with van der Waals surface area (Å²) in [5.41, 5.74) is 0. The van der Waals surface area contributed by atoms with Gasteiger partial charge in [0.15, 0.2) is 0 Å². The van der Waals surface area contributed by atoms with Crippen LogP contribution in [0.25, 0.3) is 0 Å². The molecule has 1 fully saturated rings. The number of thiazole rings is 1. The van der Waals surface area contributed by atoms with E-state index in [1.54, 1.807) is 13.2 Å². The lowest BCUT2D eigenvalue weighted by atomic mass is 10.5. The molecule has 1 aliphatic heterocycles. The lowest BCUT2D eigenvalue weighted by Crippen LogP contribution is -2.16. The topological polar surface area (TPSA) is 54.5 Å². The van der Waals surface area contributed by atoms with Gasteiger partial charge in [0.05, 0.1) is 12.8 Å². The van der Waals surface area contributed by atoms with Gasteiger partial charge in [0, 0.05) is 7.05 Å². The minimum Gasteiger partial charge on any atom is -0.365 e. The first-order valence-electron chi connectivity index (χ1n) is 3.60. The standard InChI is InChI=1S/C7H8N2O2S/c1-8-6(10)5-2-9-7(12-5)4-3-11-4/h2,4H,3H2,1H3,(H,8,10). The molecule has 0 aromatic carbocycles. The number of amides is 1. The Hall–Kier alpha value is -0.940. The molecule has 1 saturated heterocycles. The van der Waals surface area contributed by atoms with Crippen molar-refractivity contribution in [2.75, 3.05) is 13.7 Å². The van der Waals surface area contributed by atoms with Gasteiger partial charge in [0.1, 0.15) is 16.0 Å². The summed E-state index contributed by atoms with van der Waals surface area (Å²) in [6.07, 6.45) is 1.73. The quantitative estimate of drug-likeness (QED) is 0.684. The van der Waals surface area contributed by atoms with E-state index in [-0.39, 0.29) is 12.0 Å². The number of nitrogens with zero attached hydrogens (tertiary/aromatic N) is 1. The first-order valence-corrected chi connectivity index (χ1v) is 4.42. The van der Waals surface area contributed by atoms with Crippen molar-refractivity contribution in [1.29, 1.82) is 0 Å². The van der Waals surface area contributed by atoms with Crippen LogP contribution in [-0.4, -0.2) is 24.5 Å². The monoisotopic (exact) mass is 184 g/mol. The van der Waals surface area contributed by atoms with Gasteiger partial charge in [-0.3, -0.25) is 4.79 Å². The third-order valence-corrected chi connectivity index (χ3v) is 2.67. The van der Waals surface area contributed by atoms with Gasteiger partial charge < -0.3 is 10.1 Å². The molecule has 1 unspecified atom stereocenters.